The van der Waals surface area contributed by atoms with Crippen molar-refractivity contribution in [2.75, 3.05) is 0 Å². The monoisotopic (exact) mass is 273 g/mol. The van der Waals surface area contributed by atoms with E-state index in [9.17, 15) is 14.9 Å². The van der Waals surface area contributed by atoms with Gasteiger partial charge in [-0.05, 0) is 19.4 Å². The fourth-order valence-corrected chi connectivity index (χ4v) is 1.52. The minimum Gasteiger partial charge on any atom is -0.489 e. The van der Waals surface area contributed by atoms with Crippen molar-refractivity contribution in [1.82, 2.24) is 0 Å². The highest BCUT2D eigenvalue weighted by atomic mass is 35.5. The summed E-state index contributed by atoms with van der Waals surface area (Å²) in [5, 5.41) is 19.2. The van der Waals surface area contributed by atoms with Gasteiger partial charge in [0, 0.05) is 18.6 Å². The molecule has 0 spiro atoms. The maximum atomic E-state index is 10.5. The summed E-state index contributed by atoms with van der Waals surface area (Å²) in [6.45, 7) is 1.71. The van der Waals surface area contributed by atoms with Crippen molar-refractivity contribution in [3.63, 3.8) is 0 Å². The maximum absolute atomic E-state index is 10.5. The molecular formula is C11H12ClNO5. The lowest BCUT2D eigenvalue weighted by atomic mass is 10.2. The van der Waals surface area contributed by atoms with Gasteiger partial charge in [-0.2, -0.15) is 0 Å². The topological polar surface area (TPSA) is 89.7 Å². The van der Waals surface area contributed by atoms with Crippen LogP contribution in [-0.4, -0.2) is 22.1 Å². The van der Waals surface area contributed by atoms with Gasteiger partial charge >= 0.3 is 5.97 Å². The lowest BCUT2D eigenvalue weighted by Crippen LogP contribution is -2.13. The van der Waals surface area contributed by atoms with Crippen LogP contribution in [0, 0.1) is 10.1 Å². The first-order valence-electron chi connectivity index (χ1n) is 5.22. The van der Waals surface area contributed by atoms with Crippen LogP contribution in [-0.2, 0) is 4.79 Å². The number of halogens is 1. The van der Waals surface area contributed by atoms with E-state index in [1.54, 1.807) is 6.92 Å². The van der Waals surface area contributed by atoms with Crippen molar-refractivity contribution in [2.24, 2.45) is 0 Å². The van der Waals surface area contributed by atoms with Gasteiger partial charge in [0.25, 0.3) is 5.69 Å². The first kappa shape index (κ1) is 14.2. The SMILES string of the molecule is CC(CCC(=O)O)Oc1ccc([N+](=O)[O-])cc1Cl. The second-order valence-corrected chi connectivity index (χ2v) is 4.14. The van der Waals surface area contributed by atoms with E-state index < -0.39 is 10.9 Å². The third kappa shape index (κ3) is 4.21. The van der Waals surface area contributed by atoms with Crippen molar-refractivity contribution in [3.8, 4) is 5.75 Å². The van der Waals surface area contributed by atoms with Gasteiger partial charge in [0.2, 0.25) is 0 Å². The quantitative estimate of drug-likeness (QED) is 0.636. The highest BCUT2D eigenvalue weighted by Crippen LogP contribution is 2.29. The van der Waals surface area contributed by atoms with Crippen LogP contribution in [0.4, 0.5) is 5.69 Å². The molecule has 1 N–H and O–H groups in total. The zero-order valence-corrected chi connectivity index (χ0v) is 10.4. The number of hydrogen-bond donors (Lipinski definition) is 1. The molecule has 1 aromatic carbocycles. The fraction of sp³-hybridized carbons (Fsp3) is 0.364. The summed E-state index contributed by atoms with van der Waals surface area (Å²) >= 11 is 5.83. The number of nitrogens with zero attached hydrogens (tertiary/aromatic N) is 1. The number of carboxylic acids is 1. The zero-order chi connectivity index (χ0) is 13.7. The second-order valence-electron chi connectivity index (χ2n) is 3.73. The molecule has 1 aromatic rings. The fourth-order valence-electron chi connectivity index (χ4n) is 1.30. The Labute approximate surface area is 108 Å². The van der Waals surface area contributed by atoms with Gasteiger partial charge in [0.1, 0.15) is 5.75 Å². The van der Waals surface area contributed by atoms with Crippen molar-refractivity contribution in [1.29, 1.82) is 0 Å². The van der Waals surface area contributed by atoms with Crippen LogP contribution in [0.2, 0.25) is 5.02 Å². The Kier molecular flexibility index (Phi) is 4.91. The first-order chi connectivity index (χ1) is 8.40. The number of hydrogen-bond acceptors (Lipinski definition) is 4. The van der Waals surface area contributed by atoms with E-state index in [0.717, 1.165) is 0 Å². The zero-order valence-electron chi connectivity index (χ0n) is 9.63. The van der Waals surface area contributed by atoms with E-state index in [1.807, 2.05) is 0 Å². The summed E-state index contributed by atoms with van der Waals surface area (Å²) in [6, 6.07) is 3.88. The number of carbonyl (C=O) groups is 1. The van der Waals surface area contributed by atoms with Gasteiger partial charge in [-0.1, -0.05) is 11.6 Å². The summed E-state index contributed by atoms with van der Waals surface area (Å²) in [4.78, 5) is 20.3. The average molecular weight is 274 g/mol. The van der Waals surface area contributed by atoms with E-state index in [1.165, 1.54) is 18.2 Å². The predicted octanol–water partition coefficient (Wildman–Crippen LogP) is 2.88. The normalized spacial score (nSPS) is 11.9. The molecule has 6 nitrogen and oxygen atoms in total. The molecule has 0 saturated heterocycles. The van der Waals surface area contributed by atoms with Crippen molar-refractivity contribution >= 4 is 23.3 Å². The third-order valence-corrected chi connectivity index (χ3v) is 2.51. The highest BCUT2D eigenvalue weighted by Gasteiger charge is 2.13. The molecule has 0 fully saturated rings. The number of non-ortho nitro benzene ring substituents is 1. The Hall–Kier alpha value is -1.82. The summed E-state index contributed by atoms with van der Waals surface area (Å²) < 4.78 is 5.41. The number of carboxylic acid groups (broad SMARTS) is 1. The highest BCUT2D eigenvalue weighted by molar-refractivity contribution is 6.32. The first-order valence-corrected chi connectivity index (χ1v) is 5.60. The summed E-state index contributed by atoms with van der Waals surface area (Å²) in [7, 11) is 0. The van der Waals surface area contributed by atoms with E-state index >= 15 is 0 Å². The van der Waals surface area contributed by atoms with Crippen molar-refractivity contribution < 1.29 is 19.6 Å². The van der Waals surface area contributed by atoms with Gasteiger partial charge in [0.15, 0.2) is 0 Å². The number of nitro benzene ring substituents is 1. The molecule has 0 heterocycles. The van der Waals surface area contributed by atoms with Crippen LogP contribution in [0.3, 0.4) is 0 Å². The van der Waals surface area contributed by atoms with Crippen molar-refractivity contribution in [3.05, 3.63) is 33.3 Å². The Morgan fingerprint density at radius 3 is 2.78 bits per heavy atom. The molecule has 0 aliphatic heterocycles. The third-order valence-electron chi connectivity index (χ3n) is 2.22. The number of rotatable bonds is 6. The molecule has 1 rings (SSSR count). The van der Waals surface area contributed by atoms with Gasteiger partial charge in [-0.3, -0.25) is 14.9 Å². The smallest absolute Gasteiger partial charge is 0.303 e. The molecule has 7 heteroatoms. The van der Waals surface area contributed by atoms with Gasteiger partial charge in [0.05, 0.1) is 16.0 Å². The molecule has 18 heavy (non-hydrogen) atoms. The Morgan fingerprint density at radius 2 is 2.28 bits per heavy atom. The van der Waals surface area contributed by atoms with Gasteiger partial charge in [-0.15, -0.1) is 0 Å². The summed E-state index contributed by atoms with van der Waals surface area (Å²) in [5.41, 5.74) is -0.120. The molecule has 0 aliphatic rings. The molecule has 0 aromatic heterocycles. The minimum atomic E-state index is -0.903. The summed E-state index contributed by atoms with van der Waals surface area (Å²) in [5.74, 6) is -0.597. The standard InChI is InChI=1S/C11H12ClNO5/c1-7(2-5-11(14)15)18-10-4-3-8(13(16)17)6-9(10)12/h3-4,6-7H,2,5H2,1H3,(H,14,15). The molecular weight excluding hydrogens is 262 g/mol. The largest absolute Gasteiger partial charge is 0.489 e. The van der Waals surface area contributed by atoms with Crippen LogP contribution >= 0.6 is 11.6 Å². The van der Waals surface area contributed by atoms with Crippen LogP contribution in [0.5, 0.6) is 5.75 Å². The molecule has 0 saturated carbocycles. The molecule has 0 bridgehead atoms. The molecule has 1 unspecified atom stereocenters. The maximum Gasteiger partial charge on any atom is 0.303 e. The van der Waals surface area contributed by atoms with Gasteiger partial charge in [-0.25, -0.2) is 0 Å². The number of benzene rings is 1. The second kappa shape index (κ2) is 6.20. The van der Waals surface area contributed by atoms with E-state index in [0.29, 0.717) is 12.2 Å². The Morgan fingerprint density at radius 1 is 1.61 bits per heavy atom. The van der Waals surface area contributed by atoms with E-state index in [-0.39, 0.29) is 23.2 Å². The molecule has 0 radical (unpaired) electrons. The molecule has 1 atom stereocenters. The lowest BCUT2D eigenvalue weighted by molar-refractivity contribution is -0.384. The van der Waals surface area contributed by atoms with Crippen LogP contribution in [0.1, 0.15) is 19.8 Å². The Balaban J connectivity index is 2.67. The lowest BCUT2D eigenvalue weighted by Gasteiger charge is -2.14. The average Bonchev–Trinajstić information content (AvgIpc) is 2.29. The summed E-state index contributed by atoms with van der Waals surface area (Å²) in [6.07, 6.45) is -0.00549. The van der Waals surface area contributed by atoms with Crippen LogP contribution < -0.4 is 4.74 Å². The van der Waals surface area contributed by atoms with Crippen molar-refractivity contribution in [2.45, 2.75) is 25.9 Å². The van der Waals surface area contributed by atoms with E-state index in [4.69, 9.17) is 21.4 Å². The van der Waals surface area contributed by atoms with E-state index in [2.05, 4.69) is 0 Å². The van der Waals surface area contributed by atoms with Crippen LogP contribution in [0.15, 0.2) is 18.2 Å². The molecule has 0 aliphatic carbocycles. The predicted molar refractivity (Wildman–Crippen MR) is 65.1 cm³/mol. The Bertz CT molecular complexity index is 463. The number of nitro groups is 1. The van der Waals surface area contributed by atoms with Gasteiger partial charge < -0.3 is 9.84 Å². The molecule has 0 amide bonds. The number of ether oxygens (including phenoxy) is 1. The minimum absolute atomic E-state index is 0.00817. The number of aliphatic carboxylic acids is 1. The molecule has 98 valence electrons. The van der Waals surface area contributed by atoms with Crippen LogP contribution in [0.25, 0.3) is 0 Å².